The Balaban J connectivity index is 2.10. The van der Waals surface area contributed by atoms with E-state index >= 15 is 0 Å². The van der Waals surface area contributed by atoms with Gasteiger partial charge in [0.15, 0.2) is 11.5 Å². The van der Waals surface area contributed by atoms with Gasteiger partial charge < -0.3 is 19.7 Å². The minimum absolute atomic E-state index is 0.00146. The molecule has 2 amide bonds. The second-order valence-corrected chi connectivity index (χ2v) is 13.4. The van der Waals surface area contributed by atoms with Crippen LogP contribution in [0.1, 0.15) is 38.3 Å². The van der Waals surface area contributed by atoms with Gasteiger partial charge in [0.2, 0.25) is 11.8 Å². The van der Waals surface area contributed by atoms with Crippen molar-refractivity contribution in [2.24, 2.45) is 5.92 Å². The second kappa shape index (κ2) is 15.5. The standard InChI is InChI=1S/C32H39Cl2N3O6S/c1-7-28(32(39)35-18-21(2)3)36(19-23-10-14-26(33)27(34)16-23)31(38)20-37(24-11-8-22(4)9-12-24)44(40,41)25-13-15-29(42-5)30(17-25)43-6/h8-17,21,28H,7,18-20H2,1-6H3,(H,35,39)/t28-/m0/s1. The number of benzene rings is 3. The van der Waals surface area contributed by atoms with Crippen LogP contribution >= 0.6 is 23.2 Å². The van der Waals surface area contributed by atoms with E-state index in [-0.39, 0.29) is 34.7 Å². The molecule has 12 heteroatoms. The molecule has 0 heterocycles. The van der Waals surface area contributed by atoms with Gasteiger partial charge >= 0.3 is 0 Å². The van der Waals surface area contributed by atoms with Gasteiger partial charge in [-0.15, -0.1) is 0 Å². The first-order valence-electron chi connectivity index (χ1n) is 14.1. The summed E-state index contributed by atoms with van der Waals surface area (Å²) >= 11 is 12.4. The summed E-state index contributed by atoms with van der Waals surface area (Å²) in [5.41, 5.74) is 1.83. The molecule has 238 valence electrons. The zero-order valence-corrected chi connectivity index (χ0v) is 28.1. The third kappa shape index (κ3) is 8.58. The maximum Gasteiger partial charge on any atom is 0.264 e. The predicted molar refractivity (Wildman–Crippen MR) is 174 cm³/mol. The highest BCUT2D eigenvalue weighted by Gasteiger charge is 2.34. The van der Waals surface area contributed by atoms with Gasteiger partial charge in [-0.2, -0.15) is 0 Å². The summed E-state index contributed by atoms with van der Waals surface area (Å²) in [5, 5.41) is 3.55. The first-order valence-corrected chi connectivity index (χ1v) is 16.3. The lowest BCUT2D eigenvalue weighted by molar-refractivity contribution is -0.140. The Hall–Kier alpha value is -3.47. The lowest BCUT2D eigenvalue weighted by Gasteiger charge is -2.33. The molecule has 44 heavy (non-hydrogen) atoms. The van der Waals surface area contributed by atoms with Crippen LogP contribution in [0.3, 0.4) is 0 Å². The van der Waals surface area contributed by atoms with Crippen molar-refractivity contribution < 1.29 is 27.5 Å². The number of rotatable bonds is 14. The zero-order chi connectivity index (χ0) is 32.6. The summed E-state index contributed by atoms with van der Waals surface area (Å²) < 4.78 is 40.0. The van der Waals surface area contributed by atoms with Crippen LogP contribution in [-0.2, 0) is 26.2 Å². The van der Waals surface area contributed by atoms with Crippen LogP contribution in [0.2, 0.25) is 10.0 Å². The van der Waals surface area contributed by atoms with Gasteiger partial charge in [-0.25, -0.2) is 8.42 Å². The number of carbonyl (C=O) groups is 2. The Kier molecular flexibility index (Phi) is 12.3. The number of sulfonamides is 1. The molecular formula is C32H39Cl2N3O6S. The SMILES string of the molecule is CC[C@@H](C(=O)NCC(C)C)N(Cc1ccc(Cl)c(Cl)c1)C(=O)CN(c1ccc(C)cc1)S(=O)(=O)c1ccc(OC)c(OC)c1. The van der Waals surface area contributed by atoms with Crippen molar-refractivity contribution in [3.63, 3.8) is 0 Å². The van der Waals surface area contributed by atoms with E-state index in [0.717, 1.165) is 9.87 Å². The van der Waals surface area contributed by atoms with E-state index in [1.54, 1.807) is 49.4 Å². The van der Waals surface area contributed by atoms with E-state index in [9.17, 15) is 18.0 Å². The fourth-order valence-corrected chi connectivity index (χ4v) is 6.27. The first kappa shape index (κ1) is 35.0. The number of nitrogens with one attached hydrogen (secondary N) is 1. The molecule has 3 aromatic carbocycles. The number of aryl methyl sites for hydroxylation is 1. The number of hydrogen-bond acceptors (Lipinski definition) is 6. The molecule has 0 fully saturated rings. The predicted octanol–water partition coefficient (Wildman–Crippen LogP) is 6.09. The molecule has 3 rings (SSSR count). The summed E-state index contributed by atoms with van der Waals surface area (Å²) in [7, 11) is -1.44. The maximum absolute atomic E-state index is 14.2. The number of amides is 2. The average molecular weight is 665 g/mol. The first-order chi connectivity index (χ1) is 20.8. The third-order valence-corrected chi connectivity index (χ3v) is 9.46. The van der Waals surface area contributed by atoms with E-state index in [0.29, 0.717) is 34.3 Å². The normalized spacial score (nSPS) is 12.0. The number of ether oxygens (including phenoxy) is 2. The Morgan fingerprint density at radius 1 is 0.909 bits per heavy atom. The molecule has 0 radical (unpaired) electrons. The van der Waals surface area contributed by atoms with Gasteiger partial charge in [0, 0.05) is 19.2 Å². The number of methoxy groups -OCH3 is 2. The van der Waals surface area contributed by atoms with Gasteiger partial charge in [0.05, 0.1) is 34.8 Å². The van der Waals surface area contributed by atoms with E-state index in [1.807, 2.05) is 20.8 Å². The van der Waals surface area contributed by atoms with Crippen molar-refractivity contribution in [2.45, 2.75) is 51.6 Å². The minimum Gasteiger partial charge on any atom is -0.493 e. The van der Waals surface area contributed by atoms with Gasteiger partial charge in [0.1, 0.15) is 12.6 Å². The highest BCUT2D eigenvalue weighted by atomic mass is 35.5. The Morgan fingerprint density at radius 2 is 1.57 bits per heavy atom. The molecule has 0 unspecified atom stereocenters. The molecule has 1 atom stereocenters. The number of anilines is 1. The van der Waals surface area contributed by atoms with Gasteiger partial charge in [-0.3, -0.25) is 13.9 Å². The van der Waals surface area contributed by atoms with Crippen molar-refractivity contribution >= 4 is 50.7 Å². The highest BCUT2D eigenvalue weighted by Crippen LogP contribution is 2.33. The molecule has 0 aliphatic carbocycles. The number of halogens is 2. The molecule has 0 saturated carbocycles. The third-order valence-electron chi connectivity index (χ3n) is 6.95. The molecule has 0 saturated heterocycles. The Bertz CT molecular complexity index is 1560. The lowest BCUT2D eigenvalue weighted by Crippen LogP contribution is -2.52. The molecule has 0 aromatic heterocycles. The molecule has 0 bridgehead atoms. The number of nitrogens with zero attached hydrogens (tertiary/aromatic N) is 2. The number of hydrogen-bond donors (Lipinski definition) is 1. The van der Waals surface area contributed by atoms with Crippen LogP contribution in [-0.4, -0.2) is 58.5 Å². The summed E-state index contributed by atoms with van der Waals surface area (Å²) in [6, 6.07) is 15.1. The number of carbonyl (C=O) groups excluding carboxylic acids is 2. The van der Waals surface area contributed by atoms with Crippen LogP contribution in [0.4, 0.5) is 5.69 Å². The maximum atomic E-state index is 14.2. The van der Waals surface area contributed by atoms with E-state index < -0.39 is 28.5 Å². The largest absolute Gasteiger partial charge is 0.493 e. The van der Waals surface area contributed by atoms with Crippen LogP contribution in [0.15, 0.2) is 65.6 Å². The highest BCUT2D eigenvalue weighted by molar-refractivity contribution is 7.92. The molecule has 0 spiro atoms. The summed E-state index contributed by atoms with van der Waals surface area (Å²) in [6.45, 7) is 7.47. The molecule has 3 aromatic rings. The van der Waals surface area contributed by atoms with Crippen LogP contribution in [0, 0.1) is 12.8 Å². The van der Waals surface area contributed by atoms with Crippen molar-refractivity contribution in [3.8, 4) is 11.5 Å². The molecule has 0 aliphatic rings. The Morgan fingerprint density at radius 3 is 2.14 bits per heavy atom. The van der Waals surface area contributed by atoms with E-state index in [4.69, 9.17) is 32.7 Å². The fraction of sp³-hybridized carbons (Fsp3) is 0.375. The molecule has 1 N–H and O–H groups in total. The summed E-state index contributed by atoms with van der Waals surface area (Å²) in [5.74, 6) is -0.140. The van der Waals surface area contributed by atoms with Crippen LogP contribution in [0.5, 0.6) is 11.5 Å². The van der Waals surface area contributed by atoms with Crippen molar-refractivity contribution in [1.29, 1.82) is 0 Å². The lowest BCUT2D eigenvalue weighted by atomic mass is 10.1. The quantitative estimate of drug-likeness (QED) is 0.224. The summed E-state index contributed by atoms with van der Waals surface area (Å²) in [4.78, 5) is 28.9. The van der Waals surface area contributed by atoms with Crippen LogP contribution < -0.4 is 19.1 Å². The average Bonchev–Trinajstić information content (AvgIpc) is 3.00. The van der Waals surface area contributed by atoms with Gasteiger partial charge in [0.25, 0.3) is 10.0 Å². The second-order valence-electron chi connectivity index (χ2n) is 10.7. The zero-order valence-electron chi connectivity index (χ0n) is 25.8. The fourth-order valence-electron chi connectivity index (χ4n) is 4.52. The minimum atomic E-state index is -4.30. The Labute approximate surface area is 270 Å². The monoisotopic (exact) mass is 663 g/mol. The van der Waals surface area contributed by atoms with Gasteiger partial charge in [-0.1, -0.05) is 67.7 Å². The van der Waals surface area contributed by atoms with Crippen molar-refractivity contribution in [2.75, 3.05) is 31.6 Å². The molecule has 9 nitrogen and oxygen atoms in total. The molecule has 0 aliphatic heterocycles. The summed E-state index contributed by atoms with van der Waals surface area (Å²) in [6.07, 6.45) is 0.296. The van der Waals surface area contributed by atoms with E-state index in [1.165, 1.54) is 37.3 Å². The van der Waals surface area contributed by atoms with Gasteiger partial charge in [-0.05, 0) is 61.2 Å². The van der Waals surface area contributed by atoms with Crippen molar-refractivity contribution in [1.82, 2.24) is 10.2 Å². The van der Waals surface area contributed by atoms with E-state index in [2.05, 4.69) is 5.32 Å². The van der Waals surface area contributed by atoms with Crippen molar-refractivity contribution in [3.05, 3.63) is 81.8 Å². The molecular weight excluding hydrogens is 625 g/mol. The smallest absolute Gasteiger partial charge is 0.264 e. The topological polar surface area (TPSA) is 105 Å². The van der Waals surface area contributed by atoms with Crippen LogP contribution in [0.25, 0.3) is 0 Å².